The van der Waals surface area contributed by atoms with Crippen molar-refractivity contribution in [1.82, 2.24) is 4.90 Å². The van der Waals surface area contributed by atoms with E-state index in [1.165, 1.54) is 4.90 Å². The van der Waals surface area contributed by atoms with Gasteiger partial charge in [0.1, 0.15) is 11.8 Å². The third-order valence-electron chi connectivity index (χ3n) is 4.48. The van der Waals surface area contributed by atoms with Gasteiger partial charge in [-0.25, -0.2) is 4.79 Å². The molecule has 0 bridgehead atoms. The van der Waals surface area contributed by atoms with Gasteiger partial charge in [0, 0.05) is 5.56 Å². The van der Waals surface area contributed by atoms with E-state index in [4.69, 9.17) is 9.47 Å². The standard InChI is InChI=1S/C22H23NO4/c1-22(2)23(21(24)25)19(16-27-22)20(14-13-17-9-5-3-6-10-17)26-15-18-11-7-4-8-12-18/h3-12,19-20H,15-16H2,1-2H3,(H,24,25)/t19-,20+/m0/s1. The first-order chi connectivity index (χ1) is 13.0. The highest BCUT2D eigenvalue weighted by Crippen LogP contribution is 2.30. The SMILES string of the molecule is CC1(C)OC[C@@H]([C@@H](C#Cc2ccccc2)OCc2ccccc2)N1C(=O)O. The smallest absolute Gasteiger partial charge is 0.410 e. The summed E-state index contributed by atoms with van der Waals surface area (Å²) in [6, 6.07) is 18.8. The molecule has 5 heteroatoms. The van der Waals surface area contributed by atoms with Gasteiger partial charge in [0.15, 0.2) is 0 Å². The van der Waals surface area contributed by atoms with Crippen molar-refractivity contribution in [1.29, 1.82) is 0 Å². The molecule has 140 valence electrons. The number of ether oxygens (including phenoxy) is 2. The topological polar surface area (TPSA) is 59.0 Å². The Bertz CT molecular complexity index is 824. The average molecular weight is 365 g/mol. The van der Waals surface area contributed by atoms with E-state index < -0.39 is 24.0 Å². The summed E-state index contributed by atoms with van der Waals surface area (Å²) in [4.78, 5) is 13.1. The molecule has 0 radical (unpaired) electrons. The van der Waals surface area contributed by atoms with Gasteiger partial charge in [0.25, 0.3) is 0 Å². The molecule has 0 saturated carbocycles. The van der Waals surface area contributed by atoms with Gasteiger partial charge in [-0.2, -0.15) is 0 Å². The maximum atomic E-state index is 11.8. The van der Waals surface area contributed by atoms with Crippen molar-refractivity contribution in [2.75, 3.05) is 6.61 Å². The van der Waals surface area contributed by atoms with Gasteiger partial charge in [0.2, 0.25) is 0 Å². The molecule has 0 aromatic heterocycles. The zero-order chi connectivity index (χ0) is 19.3. The molecule has 2 atom stereocenters. The lowest BCUT2D eigenvalue weighted by atomic mass is 10.1. The molecular weight excluding hydrogens is 342 g/mol. The lowest BCUT2D eigenvalue weighted by Crippen LogP contribution is -2.51. The molecule has 0 spiro atoms. The molecule has 1 saturated heterocycles. The number of nitrogens with zero attached hydrogens (tertiary/aromatic N) is 1. The van der Waals surface area contributed by atoms with E-state index in [1.807, 2.05) is 60.7 Å². The van der Waals surface area contributed by atoms with E-state index >= 15 is 0 Å². The number of benzene rings is 2. The van der Waals surface area contributed by atoms with Crippen LogP contribution in [0.1, 0.15) is 25.0 Å². The number of carbonyl (C=O) groups is 1. The largest absolute Gasteiger partial charge is 0.465 e. The first-order valence-corrected chi connectivity index (χ1v) is 8.86. The molecular formula is C22H23NO4. The van der Waals surface area contributed by atoms with Gasteiger partial charge < -0.3 is 14.6 Å². The molecule has 1 aliphatic rings. The van der Waals surface area contributed by atoms with Crippen molar-refractivity contribution in [2.45, 2.75) is 38.3 Å². The molecule has 0 unspecified atom stereocenters. The van der Waals surface area contributed by atoms with Gasteiger partial charge in [0.05, 0.1) is 19.3 Å². The molecule has 3 rings (SSSR count). The van der Waals surface area contributed by atoms with Crippen molar-refractivity contribution < 1.29 is 19.4 Å². The minimum atomic E-state index is -1.04. The Morgan fingerprint density at radius 1 is 1.22 bits per heavy atom. The molecule has 1 heterocycles. The number of rotatable bonds is 4. The van der Waals surface area contributed by atoms with E-state index in [0.29, 0.717) is 6.61 Å². The van der Waals surface area contributed by atoms with Gasteiger partial charge in [-0.1, -0.05) is 60.4 Å². The van der Waals surface area contributed by atoms with Crippen LogP contribution in [-0.2, 0) is 16.1 Å². The summed E-state index contributed by atoms with van der Waals surface area (Å²) in [5.41, 5.74) is 0.939. The maximum Gasteiger partial charge on any atom is 0.410 e. The molecule has 1 fully saturated rings. The second-order valence-electron chi connectivity index (χ2n) is 6.83. The van der Waals surface area contributed by atoms with Crippen LogP contribution < -0.4 is 0 Å². The summed E-state index contributed by atoms with van der Waals surface area (Å²) in [7, 11) is 0. The molecule has 2 aromatic carbocycles. The Hall–Kier alpha value is -2.81. The van der Waals surface area contributed by atoms with Crippen LogP contribution in [0.2, 0.25) is 0 Å². The molecule has 1 aliphatic heterocycles. The Morgan fingerprint density at radius 3 is 2.48 bits per heavy atom. The van der Waals surface area contributed by atoms with Crippen LogP contribution in [0.3, 0.4) is 0 Å². The monoisotopic (exact) mass is 365 g/mol. The van der Waals surface area contributed by atoms with E-state index in [-0.39, 0.29) is 6.61 Å². The van der Waals surface area contributed by atoms with Crippen LogP contribution in [-0.4, -0.2) is 40.6 Å². The highest BCUT2D eigenvalue weighted by atomic mass is 16.5. The first-order valence-electron chi connectivity index (χ1n) is 8.86. The number of carboxylic acid groups (broad SMARTS) is 1. The summed E-state index contributed by atoms with van der Waals surface area (Å²) in [5, 5.41) is 9.68. The Balaban J connectivity index is 1.85. The predicted molar refractivity (Wildman–Crippen MR) is 102 cm³/mol. The fraction of sp³-hybridized carbons (Fsp3) is 0.318. The molecule has 2 aromatic rings. The second-order valence-corrected chi connectivity index (χ2v) is 6.83. The van der Waals surface area contributed by atoms with Crippen molar-refractivity contribution in [2.24, 2.45) is 0 Å². The average Bonchev–Trinajstić information content (AvgIpc) is 2.98. The van der Waals surface area contributed by atoms with Crippen molar-refractivity contribution in [3.8, 4) is 11.8 Å². The first kappa shape index (κ1) is 19.0. The van der Waals surface area contributed by atoms with Crippen LogP contribution in [0.25, 0.3) is 0 Å². The van der Waals surface area contributed by atoms with Gasteiger partial charge >= 0.3 is 6.09 Å². The highest BCUT2D eigenvalue weighted by molar-refractivity contribution is 5.67. The lowest BCUT2D eigenvalue weighted by Gasteiger charge is -2.32. The van der Waals surface area contributed by atoms with Gasteiger partial charge in [-0.15, -0.1) is 0 Å². The molecule has 1 amide bonds. The van der Waals surface area contributed by atoms with Crippen molar-refractivity contribution >= 4 is 6.09 Å². The maximum absolute atomic E-state index is 11.8. The zero-order valence-electron chi connectivity index (χ0n) is 15.5. The Morgan fingerprint density at radius 2 is 1.85 bits per heavy atom. The van der Waals surface area contributed by atoms with Crippen LogP contribution in [0.5, 0.6) is 0 Å². The second kappa shape index (κ2) is 8.26. The van der Waals surface area contributed by atoms with Crippen LogP contribution >= 0.6 is 0 Å². The minimum absolute atomic E-state index is 0.238. The third-order valence-corrected chi connectivity index (χ3v) is 4.48. The fourth-order valence-electron chi connectivity index (χ4n) is 3.11. The van der Waals surface area contributed by atoms with E-state index in [2.05, 4.69) is 11.8 Å². The Labute approximate surface area is 159 Å². The number of amides is 1. The molecule has 5 nitrogen and oxygen atoms in total. The normalized spacial score (nSPS) is 19.2. The fourth-order valence-corrected chi connectivity index (χ4v) is 3.11. The summed E-state index contributed by atoms with van der Waals surface area (Å²) >= 11 is 0. The molecule has 27 heavy (non-hydrogen) atoms. The van der Waals surface area contributed by atoms with Gasteiger partial charge in [-0.05, 0) is 31.5 Å². The zero-order valence-corrected chi connectivity index (χ0v) is 15.5. The van der Waals surface area contributed by atoms with E-state index in [9.17, 15) is 9.90 Å². The minimum Gasteiger partial charge on any atom is -0.465 e. The summed E-state index contributed by atoms with van der Waals surface area (Å²) in [5.74, 6) is 6.21. The highest BCUT2D eigenvalue weighted by Gasteiger charge is 2.47. The molecule has 0 aliphatic carbocycles. The predicted octanol–water partition coefficient (Wildman–Crippen LogP) is 3.74. The third kappa shape index (κ3) is 4.68. The quantitative estimate of drug-likeness (QED) is 0.839. The summed E-state index contributed by atoms with van der Waals surface area (Å²) < 4.78 is 11.8. The molecule has 1 N–H and O–H groups in total. The number of hydrogen-bond acceptors (Lipinski definition) is 3. The summed E-state index contributed by atoms with van der Waals surface area (Å²) in [6.45, 7) is 4.06. The van der Waals surface area contributed by atoms with Crippen LogP contribution in [0, 0.1) is 11.8 Å². The van der Waals surface area contributed by atoms with Crippen molar-refractivity contribution in [3.63, 3.8) is 0 Å². The van der Waals surface area contributed by atoms with Crippen LogP contribution in [0.15, 0.2) is 60.7 Å². The Kier molecular flexibility index (Phi) is 5.80. The van der Waals surface area contributed by atoms with Crippen molar-refractivity contribution in [3.05, 3.63) is 71.8 Å². The number of hydrogen-bond donors (Lipinski definition) is 1. The van der Waals surface area contributed by atoms with E-state index in [0.717, 1.165) is 11.1 Å². The van der Waals surface area contributed by atoms with Crippen LogP contribution in [0.4, 0.5) is 4.79 Å². The van der Waals surface area contributed by atoms with E-state index in [1.54, 1.807) is 13.8 Å². The van der Waals surface area contributed by atoms with Gasteiger partial charge in [-0.3, -0.25) is 4.90 Å². The lowest BCUT2D eigenvalue weighted by molar-refractivity contribution is -0.0483. The summed E-state index contributed by atoms with van der Waals surface area (Å²) in [6.07, 6.45) is -1.65.